The molecule has 0 aromatic carbocycles. The highest BCUT2D eigenvalue weighted by Crippen LogP contribution is 2.28. The van der Waals surface area contributed by atoms with Gasteiger partial charge in [0.15, 0.2) is 0 Å². The molecule has 82 valence electrons. The Bertz CT molecular complexity index is 609. The first-order chi connectivity index (χ1) is 7.50. The van der Waals surface area contributed by atoms with Crippen molar-refractivity contribution < 1.29 is 9.59 Å². The number of halogens is 3. The molecule has 0 unspecified atom stereocenters. The lowest BCUT2D eigenvalue weighted by Gasteiger charge is -1.97. The molecular weight excluding hydrogens is 319 g/mol. The number of fused-ring (bicyclic) bond motifs is 1. The molecule has 7 heteroatoms. The first kappa shape index (κ1) is 11.6. The minimum atomic E-state index is -1.06. The molecule has 2 aromatic heterocycles. The number of aromatic amines is 1. The van der Waals surface area contributed by atoms with E-state index in [4.69, 9.17) is 23.2 Å². The van der Waals surface area contributed by atoms with E-state index in [1.54, 1.807) is 0 Å². The number of pyridine rings is 1. The molecule has 0 spiro atoms. The molecule has 0 amide bonds. The average Bonchev–Trinajstić information content (AvgIpc) is 2.59. The Labute approximate surface area is 108 Å². The largest absolute Gasteiger partial charge is 0.345 e. The predicted octanol–water partition coefficient (Wildman–Crippen LogP) is 2.93. The number of carbonyl (C=O) groups is 2. The zero-order chi connectivity index (χ0) is 11.9. The van der Waals surface area contributed by atoms with Crippen molar-refractivity contribution in [2.45, 2.75) is 0 Å². The van der Waals surface area contributed by atoms with Crippen molar-refractivity contribution >= 4 is 61.2 Å². The van der Waals surface area contributed by atoms with E-state index in [0.717, 1.165) is 0 Å². The van der Waals surface area contributed by atoms with Gasteiger partial charge in [0.05, 0.1) is 10.6 Å². The lowest BCUT2D eigenvalue weighted by Crippen LogP contribution is -2.06. The van der Waals surface area contributed by atoms with Crippen LogP contribution >= 0.6 is 39.1 Å². The standard InChI is InChI=1S/C9H3BrCl2N2O2/c10-5-1-4(11)6-3(7(15)8(12)16)2-13-9(6)14-5/h1-2H,(H,13,14). The maximum absolute atomic E-state index is 11.5. The first-order valence-corrected chi connectivity index (χ1v) is 5.63. The Morgan fingerprint density at radius 3 is 2.75 bits per heavy atom. The molecule has 0 atom stereocenters. The van der Waals surface area contributed by atoms with Crippen LogP contribution in [0.1, 0.15) is 10.4 Å². The van der Waals surface area contributed by atoms with Gasteiger partial charge in [0.2, 0.25) is 5.78 Å². The Kier molecular flexibility index (Phi) is 3.01. The van der Waals surface area contributed by atoms with Crippen molar-refractivity contribution in [1.82, 2.24) is 9.97 Å². The molecule has 4 nitrogen and oxygen atoms in total. The predicted molar refractivity (Wildman–Crippen MR) is 64.0 cm³/mol. The van der Waals surface area contributed by atoms with Gasteiger partial charge in [-0.3, -0.25) is 9.59 Å². The van der Waals surface area contributed by atoms with Crippen LogP contribution in [0.3, 0.4) is 0 Å². The van der Waals surface area contributed by atoms with E-state index < -0.39 is 11.0 Å². The fourth-order valence-electron chi connectivity index (χ4n) is 1.34. The summed E-state index contributed by atoms with van der Waals surface area (Å²) in [5.41, 5.74) is 0.542. The van der Waals surface area contributed by atoms with Crippen LogP contribution in [0.5, 0.6) is 0 Å². The summed E-state index contributed by atoms with van der Waals surface area (Å²) in [5, 5.41) is -0.344. The Balaban J connectivity index is 2.74. The van der Waals surface area contributed by atoms with Gasteiger partial charge in [-0.1, -0.05) is 11.6 Å². The number of aromatic nitrogens is 2. The molecule has 0 aliphatic heterocycles. The molecule has 0 fully saturated rings. The average molecular weight is 322 g/mol. The molecule has 16 heavy (non-hydrogen) atoms. The second-order valence-electron chi connectivity index (χ2n) is 2.96. The summed E-state index contributed by atoms with van der Waals surface area (Å²) >= 11 is 14.3. The van der Waals surface area contributed by atoms with Gasteiger partial charge in [-0.15, -0.1) is 0 Å². The van der Waals surface area contributed by atoms with Gasteiger partial charge >= 0.3 is 0 Å². The zero-order valence-corrected chi connectivity index (χ0v) is 10.7. The number of carbonyl (C=O) groups excluding carboxylic acids is 2. The third-order valence-corrected chi connectivity index (χ3v) is 2.86. The molecule has 0 bridgehead atoms. The third-order valence-electron chi connectivity index (χ3n) is 1.99. The first-order valence-electron chi connectivity index (χ1n) is 4.08. The van der Waals surface area contributed by atoms with Gasteiger partial charge in [0, 0.05) is 11.6 Å². The Hall–Kier alpha value is -0.910. The van der Waals surface area contributed by atoms with Gasteiger partial charge in [0.1, 0.15) is 10.3 Å². The van der Waals surface area contributed by atoms with E-state index in [0.29, 0.717) is 20.7 Å². The van der Waals surface area contributed by atoms with E-state index in [1.807, 2.05) is 0 Å². The van der Waals surface area contributed by atoms with Crippen LogP contribution in [0.15, 0.2) is 16.9 Å². The highest BCUT2D eigenvalue weighted by molar-refractivity contribution is 9.10. The van der Waals surface area contributed by atoms with E-state index in [1.165, 1.54) is 12.3 Å². The fraction of sp³-hybridized carbons (Fsp3) is 0. The van der Waals surface area contributed by atoms with Crippen LogP contribution in [0.4, 0.5) is 0 Å². The number of rotatable bonds is 2. The smallest absolute Gasteiger partial charge is 0.293 e. The third kappa shape index (κ3) is 1.86. The number of nitrogens with zero attached hydrogens (tertiary/aromatic N) is 1. The molecule has 0 aliphatic rings. The number of ketones is 1. The van der Waals surface area contributed by atoms with Crippen LogP contribution in [0, 0.1) is 0 Å². The second-order valence-corrected chi connectivity index (χ2v) is 4.52. The lowest BCUT2D eigenvalue weighted by molar-refractivity contribution is -0.108. The van der Waals surface area contributed by atoms with E-state index in [2.05, 4.69) is 25.9 Å². The van der Waals surface area contributed by atoms with Crippen molar-refractivity contribution in [3.63, 3.8) is 0 Å². The summed E-state index contributed by atoms with van der Waals surface area (Å²) in [6.07, 6.45) is 1.36. The van der Waals surface area contributed by atoms with Crippen molar-refractivity contribution in [3.8, 4) is 0 Å². The van der Waals surface area contributed by atoms with Gasteiger partial charge in [0.25, 0.3) is 5.24 Å². The van der Waals surface area contributed by atoms with Crippen LogP contribution < -0.4 is 0 Å². The highest BCUT2D eigenvalue weighted by Gasteiger charge is 2.20. The fourth-order valence-corrected chi connectivity index (χ4v) is 2.28. The molecule has 0 radical (unpaired) electrons. The monoisotopic (exact) mass is 320 g/mol. The van der Waals surface area contributed by atoms with Crippen molar-refractivity contribution in [2.24, 2.45) is 0 Å². The van der Waals surface area contributed by atoms with Crippen molar-refractivity contribution in [3.05, 3.63) is 27.5 Å². The van der Waals surface area contributed by atoms with Crippen LogP contribution in [-0.4, -0.2) is 21.0 Å². The van der Waals surface area contributed by atoms with E-state index in [9.17, 15) is 9.59 Å². The van der Waals surface area contributed by atoms with E-state index >= 15 is 0 Å². The SMILES string of the molecule is O=C(Cl)C(=O)c1c[nH]c2nc(Br)cc(Cl)c12. The quantitative estimate of drug-likeness (QED) is 0.400. The summed E-state index contributed by atoms with van der Waals surface area (Å²) in [6.45, 7) is 0. The topological polar surface area (TPSA) is 62.8 Å². The summed E-state index contributed by atoms with van der Waals surface area (Å²) in [6, 6.07) is 1.53. The number of hydrogen-bond acceptors (Lipinski definition) is 3. The number of Topliss-reactive ketones (excluding diaryl/α,β-unsaturated/α-hetero) is 1. The summed E-state index contributed by atoms with van der Waals surface area (Å²) in [4.78, 5) is 29.1. The van der Waals surface area contributed by atoms with Gasteiger partial charge in [-0.25, -0.2) is 4.98 Å². The molecule has 0 saturated heterocycles. The van der Waals surface area contributed by atoms with Gasteiger partial charge in [-0.2, -0.15) is 0 Å². The summed E-state index contributed by atoms with van der Waals surface area (Å²) in [7, 11) is 0. The van der Waals surface area contributed by atoms with Crippen molar-refractivity contribution in [1.29, 1.82) is 0 Å². The summed E-state index contributed by atoms with van der Waals surface area (Å²) in [5.74, 6) is -0.807. The van der Waals surface area contributed by atoms with Gasteiger partial charge in [-0.05, 0) is 33.6 Å². The number of H-pyrrole nitrogens is 1. The molecule has 0 saturated carbocycles. The van der Waals surface area contributed by atoms with Crippen LogP contribution in [0.2, 0.25) is 5.02 Å². The Morgan fingerprint density at radius 1 is 1.44 bits per heavy atom. The maximum Gasteiger partial charge on any atom is 0.293 e. The normalized spacial score (nSPS) is 10.7. The molecular formula is C9H3BrCl2N2O2. The van der Waals surface area contributed by atoms with Crippen LogP contribution in [-0.2, 0) is 4.79 Å². The second kappa shape index (κ2) is 4.16. The molecule has 2 rings (SSSR count). The zero-order valence-electron chi connectivity index (χ0n) is 7.55. The summed E-state index contributed by atoms with van der Waals surface area (Å²) < 4.78 is 0.531. The molecule has 2 aromatic rings. The molecule has 1 N–H and O–H groups in total. The number of hydrogen-bond donors (Lipinski definition) is 1. The molecule has 0 aliphatic carbocycles. The minimum absolute atomic E-state index is 0.125. The van der Waals surface area contributed by atoms with Gasteiger partial charge < -0.3 is 4.98 Å². The Morgan fingerprint density at radius 2 is 2.12 bits per heavy atom. The van der Waals surface area contributed by atoms with Crippen molar-refractivity contribution in [2.75, 3.05) is 0 Å². The van der Waals surface area contributed by atoms with Crippen LogP contribution in [0.25, 0.3) is 11.0 Å². The minimum Gasteiger partial charge on any atom is -0.345 e. The lowest BCUT2D eigenvalue weighted by atomic mass is 10.1. The number of nitrogens with one attached hydrogen (secondary N) is 1. The molecule has 2 heterocycles. The highest BCUT2D eigenvalue weighted by atomic mass is 79.9. The van der Waals surface area contributed by atoms with E-state index in [-0.39, 0.29) is 5.56 Å². The maximum atomic E-state index is 11.5.